The fraction of sp³-hybridized carbons (Fsp3) is 0.333. The first kappa shape index (κ1) is 13.1. The number of aromatic carboxylic acids is 1. The third-order valence-electron chi connectivity index (χ3n) is 1.84. The minimum absolute atomic E-state index is 0.0995. The zero-order chi connectivity index (χ0) is 13.2. The minimum atomic E-state index is -5.01. The van der Waals surface area contributed by atoms with Crippen molar-refractivity contribution in [2.45, 2.75) is 13.3 Å². The summed E-state index contributed by atoms with van der Waals surface area (Å²) >= 11 is 0. The van der Waals surface area contributed by atoms with Gasteiger partial charge in [-0.1, -0.05) is 0 Å². The Hall–Kier alpha value is -1.99. The van der Waals surface area contributed by atoms with Crippen LogP contribution in [0.5, 0.6) is 11.5 Å². The molecular weight excluding hydrogens is 243 g/mol. The SMILES string of the molecule is COc1cnc(C)c(C(=O)O)c1OC(F)(F)F. The second-order valence-corrected chi connectivity index (χ2v) is 2.97. The van der Waals surface area contributed by atoms with Crippen molar-refractivity contribution in [2.24, 2.45) is 0 Å². The number of hydrogen-bond donors (Lipinski definition) is 1. The van der Waals surface area contributed by atoms with Crippen molar-refractivity contribution in [3.8, 4) is 11.5 Å². The maximum atomic E-state index is 12.1. The molecule has 94 valence electrons. The highest BCUT2D eigenvalue weighted by Crippen LogP contribution is 2.36. The molecule has 1 heterocycles. The van der Waals surface area contributed by atoms with Crippen LogP contribution in [0.1, 0.15) is 16.1 Å². The van der Waals surface area contributed by atoms with E-state index in [9.17, 15) is 18.0 Å². The normalized spacial score (nSPS) is 11.1. The van der Waals surface area contributed by atoms with Crippen molar-refractivity contribution in [3.63, 3.8) is 0 Å². The molecule has 1 rings (SSSR count). The molecule has 1 N–H and O–H groups in total. The second kappa shape index (κ2) is 4.48. The Morgan fingerprint density at radius 1 is 1.47 bits per heavy atom. The van der Waals surface area contributed by atoms with Crippen LogP contribution in [0.2, 0.25) is 0 Å². The van der Waals surface area contributed by atoms with E-state index in [4.69, 9.17) is 5.11 Å². The Bertz CT molecular complexity index is 445. The van der Waals surface area contributed by atoms with Gasteiger partial charge in [-0.15, -0.1) is 13.2 Å². The molecule has 5 nitrogen and oxygen atoms in total. The summed E-state index contributed by atoms with van der Waals surface area (Å²) in [5, 5.41) is 8.82. The van der Waals surface area contributed by atoms with Gasteiger partial charge in [0.2, 0.25) is 0 Å². The molecule has 17 heavy (non-hydrogen) atoms. The van der Waals surface area contributed by atoms with E-state index in [-0.39, 0.29) is 5.69 Å². The standard InChI is InChI=1S/C9H8F3NO4/c1-4-6(8(14)15)7(17-9(10,11)12)5(16-2)3-13-4/h3H,1-2H3,(H,14,15). The predicted octanol–water partition coefficient (Wildman–Crippen LogP) is 2.00. The quantitative estimate of drug-likeness (QED) is 0.889. The first-order valence-corrected chi connectivity index (χ1v) is 4.29. The van der Waals surface area contributed by atoms with Crippen molar-refractivity contribution >= 4 is 5.97 Å². The van der Waals surface area contributed by atoms with Crippen LogP contribution in [-0.2, 0) is 0 Å². The van der Waals surface area contributed by atoms with Gasteiger partial charge in [0.15, 0.2) is 11.5 Å². The van der Waals surface area contributed by atoms with Crippen molar-refractivity contribution in [2.75, 3.05) is 7.11 Å². The van der Waals surface area contributed by atoms with Gasteiger partial charge < -0.3 is 14.6 Å². The number of pyridine rings is 1. The fourth-order valence-electron chi connectivity index (χ4n) is 1.18. The third-order valence-corrected chi connectivity index (χ3v) is 1.84. The lowest BCUT2D eigenvalue weighted by Gasteiger charge is -2.15. The molecule has 0 saturated carbocycles. The third kappa shape index (κ3) is 2.99. The van der Waals surface area contributed by atoms with Crippen LogP contribution in [0, 0.1) is 6.92 Å². The highest BCUT2D eigenvalue weighted by atomic mass is 19.4. The second-order valence-electron chi connectivity index (χ2n) is 2.97. The summed E-state index contributed by atoms with van der Waals surface area (Å²) in [6, 6.07) is 0. The van der Waals surface area contributed by atoms with Gasteiger partial charge in [-0.05, 0) is 6.92 Å². The molecule has 0 fully saturated rings. The molecule has 0 unspecified atom stereocenters. The molecule has 0 amide bonds. The first-order valence-electron chi connectivity index (χ1n) is 4.29. The van der Waals surface area contributed by atoms with Gasteiger partial charge >= 0.3 is 12.3 Å². The number of carboxylic acid groups (broad SMARTS) is 1. The summed E-state index contributed by atoms with van der Waals surface area (Å²) in [6.45, 7) is 1.26. The molecule has 0 aliphatic carbocycles. The number of aromatic nitrogens is 1. The van der Waals surface area contributed by atoms with Gasteiger partial charge in [-0.25, -0.2) is 4.79 Å². The monoisotopic (exact) mass is 251 g/mol. The molecule has 0 bridgehead atoms. The summed E-state index contributed by atoms with van der Waals surface area (Å²) in [5.74, 6) is -2.88. The zero-order valence-electron chi connectivity index (χ0n) is 8.83. The molecule has 0 atom stereocenters. The average Bonchev–Trinajstić information content (AvgIpc) is 2.15. The predicted molar refractivity (Wildman–Crippen MR) is 49.2 cm³/mol. The number of nitrogens with zero attached hydrogens (tertiary/aromatic N) is 1. The lowest BCUT2D eigenvalue weighted by atomic mass is 10.2. The smallest absolute Gasteiger partial charge is 0.491 e. The van der Waals surface area contributed by atoms with E-state index >= 15 is 0 Å². The number of aryl methyl sites for hydroxylation is 1. The largest absolute Gasteiger partial charge is 0.573 e. The number of hydrogen-bond acceptors (Lipinski definition) is 4. The summed E-state index contributed by atoms with van der Waals surface area (Å²) in [6.07, 6.45) is -4.05. The highest BCUT2D eigenvalue weighted by molar-refractivity contribution is 5.93. The topological polar surface area (TPSA) is 68.7 Å². The number of methoxy groups -OCH3 is 1. The Labute approximate surface area is 93.8 Å². The van der Waals surface area contributed by atoms with Crippen LogP contribution >= 0.6 is 0 Å². The van der Waals surface area contributed by atoms with Gasteiger partial charge in [0.25, 0.3) is 0 Å². The Kier molecular flexibility index (Phi) is 3.45. The minimum Gasteiger partial charge on any atom is -0.491 e. The highest BCUT2D eigenvalue weighted by Gasteiger charge is 2.35. The molecule has 0 aliphatic rings. The lowest BCUT2D eigenvalue weighted by molar-refractivity contribution is -0.275. The molecule has 1 aromatic heterocycles. The molecule has 1 aromatic rings. The van der Waals surface area contributed by atoms with Crippen LogP contribution in [0.4, 0.5) is 13.2 Å². The molecule has 0 aliphatic heterocycles. The number of alkyl halides is 3. The molecule has 0 radical (unpaired) electrons. The van der Waals surface area contributed by atoms with E-state index in [1.807, 2.05) is 0 Å². The average molecular weight is 251 g/mol. The molecule has 0 spiro atoms. The van der Waals surface area contributed by atoms with E-state index in [1.165, 1.54) is 6.92 Å². The van der Waals surface area contributed by atoms with E-state index in [0.717, 1.165) is 13.3 Å². The van der Waals surface area contributed by atoms with Gasteiger partial charge in [0.1, 0.15) is 5.56 Å². The Morgan fingerprint density at radius 3 is 2.47 bits per heavy atom. The number of rotatable bonds is 3. The Morgan fingerprint density at radius 2 is 2.06 bits per heavy atom. The lowest BCUT2D eigenvalue weighted by Crippen LogP contribution is -2.20. The van der Waals surface area contributed by atoms with Crippen molar-refractivity contribution in [1.82, 2.24) is 4.98 Å². The van der Waals surface area contributed by atoms with E-state index in [0.29, 0.717) is 0 Å². The summed E-state index contributed by atoms with van der Waals surface area (Å²) in [5.41, 5.74) is -0.778. The fourth-order valence-corrected chi connectivity index (χ4v) is 1.18. The van der Waals surface area contributed by atoms with Gasteiger partial charge in [0.05, 0.1) is 19.0 Å². The number of ether oxygens (including phenoxy) is 2. The van der Waals surface area contributed by atoms with E-state index in [2.05, 4.69) is 14.5 Å². The zero-order valence-corrected chi connectivity index (χ0v) is 8.83. The van der Waals surface area contributed by atoms with Crippen LogP contribution in [0.15, 0.2) is 6.20 Å². The van der Waals surface area contributed by atoms with Gasteiger partial charge in [0, 0.05) is 0 Å². The van der Waals surface area contributed by atoms with E-state index < -0.39 is 29.4 Å². The Balaban J connectivity index is 3.40. The first-order chi connectivity index (χ1) is 7.76. The van der Waals surface area contributed by atoms with Crippen molar-refractivity contribution < 1.29 is 32.5 Å². The van der Waals surface area contributed by atoms with Crippen LogP contribution in [0.3, 0.4) is 0 Å². The number of carbonyl (C=O) groups is 1. The maximum absolute atomic E-state index is 12.1. The summed E-state index contributed by atoms with van der Waals surface area (Å²) in [7, 11) is 1.08. The van der Waals surface area contributed by atoms with E-state index in [1.54, 1.807) is 0 Å². The number of halogens is 3. The van der Waals surface area contributed by atoms with Crippen LogP contribution < -0.4 is 9.47 Å². The molecule has 0 aromatic carbocycles. The van der Waals surface area contributed by atoms with Crippen LogP contribution in [0.25, 0.3) is 0 Å². The number of carboxylic acids is 1. The maximum Gasteiger partial charge on any atom is 0.573 e. The van der Waals surface area contributed by atoms with Crippen LogP contribution in [-0.4, -0.2) is 29.5 Å². The van der Waals surface area contributed by atoms with Crippen molar-refractivity contribution in [1.29, 1.82) is 0 Å². The summed E-state index contributed by atoms with van der Waals surface area (Å²) in [4.78, 5) is 14.5. The molecular formula is C9H8F3NO4. The molecule has 8 heteroatoms. The van der Waals surface area contributed by atoms with Gasteiger partial charge in [-0.3, -0.25) is 4.98 Å². The molecule has 0 saturated heterocycles. The summed E-state index contributed by atoms with van der Waals surface area (Å²) < 4.78 is 44.7. The van der Waals surface area contributed by atoms with Crippen molar-refractivity contribution in [3.05, 3.63) is 17.5 Å². The van der Waals surface area contributed by atoms with Gasteiger partial charge in [-0.2, -0.15) is 0 Å².